The molecule has 0 saturated carbocycles. The van der Waals surface area contributed by atoms with Crippen molar-refractivity contribution in [1.82, 2.24) is 0 Å². The highest BCUT2D eigenvalue weighted by Crippen LogP contribution is 2.21. The molecule has 0 aliphatic heterocycles. The summed E-state index contributed by atoms with van der Waals surface area (Å²) < 4.78 is 2.20. The molecule has 0 radical (unpaired) electrons. The fourth-order valence-corrected chi connectivity index (χ4v) is 2.26. The molecule has 0 fully saturated rings. The first-order chi connectivity index (χ1) is 8.11. The molecule has 88 valence electrons. The highest BCUT2D eigenvalue weighted by molar-refractivity contribution is 5.61. The number of hydrogen-bond acceptors (Lipinski definition) is 0. The molecule has 0 aliphatic rings. The molecular formula is C16H20N+. The van der Waals surface area contributed by atoms with Crippen molar-refractivity contribution >= 4 is 0 Å². The van der Waals surface area contributed by atoms with Crippen molar-refractivity contribution in [2.75, 3.05) is 0 Å². The van der Waals surface area contributed by atoms with Gasteiger partial charge in [0.05, 0.1) is 0 Å². The zero-order chi connectivity index (χ0) is 12.4. The van der Waals surface area contributed by atoms with Crippen molar-refractivity contribution in [2.45, 2.75) is 27.2 Å². The molecule has 0 unspecified atom stereocenters. The molecule has 1 heteroatoms. The van der Waals surface area contributed by atoms with E-state index in [0.717, 1.165) is 6.42 Å². The first-order valence-electron chi connectivity index (χ1n) is 6.18. The lowest BCUT2D eigenvalue weighted by atomic mass is 10.0. The van der Waals surface area contributed by atoms with E-state index in [1.807, 2.05) is 0 Å². The van der Waals surface area contributed by atoms with Crippen LogP contribution in [-0.2, 0) is 13.5 Å². The van der Waals surface area contributed by atoms with E-state index < -0.39 is 0 Å². The van der Waals surface area contributed by atoms with E-state index in [-0.39, 0.29) is 0 Å². The van der Waals surface area contributed by atoms with Crippen LogP contribution >= 0.6 is 0 Å². The topological polar surface area (TPSA) is 3.88 Å². The van der Waals surface area contributed by atoms with E-state index in [1.165, 1.54) is 27.9 Å². The summed E-state index contributed by atoms with van der Waals surface area (Å²) in [5, 5.41) is 0. The normalized spacial score (nSPS) is 10.6. The van der Waals surface area contributed by atoms with Crippen LogP contribution in [0.2, 0.25) is 0 Å². The van der Waals surface area contributed by atoms with Crippen LogP contribution in [0.4, 0.5) is 0 Å². The Morgan fingerprint density at radius 2 is 1.82 bits per heavy atom. The van der Waals surface area contributed by atoms with Crippen LogP contribution in [0, 0.1) is 13.8 Å². The molecule has 0 bridgehead atoms. The van der Waals surface area contributed by atoms with E-state index in [4.69, 9.17) is 0 Å². The summed E-state index contributed by atoms with van der Waals surface area (Å²) in [4.78, 5) is 0. The summed E-state index contributed by atoms with van der Waals surface area (Å²) in [6.45, 7) is 6.51. The minimum Gasteiger partial charge on any atom is -0.201 e. The van der Waals surface area contributed by atoms with Gasteiger partial charge >= 0.3 is 0 Å². The fourth-order valence-electron chi connectivity index (χ4n) is 2.26. The predicted molar refractivity (Wildman–Crippen MR) is 71.9 cm³/mol. The SMILES string of the molecule is CCc1ccc(-c2ccc(C)c[n+]2C)c(C)c1. The van der Waals surface area contributed by atoms with Crippen LogP contribution in [-0.4, -0.2) is 0 Å². The van der Waals surface area contributed by atoms with Crippen LogP contribution in [0.5, 0.6) is 0 Å². The molecule has 1 heterocycles. The van der Waals surface area contributed by atoms with Crippen LogP contribution < -0.4 is 4.57 Å². The summed E-state index contributed by atoms with van der Waals surface area (Å²) in [6.07, 6.45) is 3.27. The van der Waals surface area contributed by atoms with Crippen molar-refractivity contribution in [2.24, 2.45) is 7.05 Å². The van der Waals surface area contributed by atoms with E-state index in [9.17, 15) is 0 Å². The van der Waals surface area contributed by atoms with Crippen molar-refractivity contribution in [3.63, 3.8) is 0 Å². The van der Waals surface area contributed by atoms with Crippen molar-refractivity contribution in [1.29, 1.82) is 0 Å². The number of benzene rings is 1. The second-order valence-electron chi connectivity index (χ2n) is 4.71. The molecule has 1 nitrogen and oxygen atoms in total. The van der Waals surface area contributed by atoms with Crippen molar-refractivity contribution in [3.8, 4) is 11.3 Å². The minimum atomic E-state index is 1.10. The van der Waals surface area contributed by atoms with Crippen molar-refractivity contribution < 1.29 is 4.57 Å². The van der Waals surface area contributed by atoms with Gasteiger partial charge in [0.1, 0.15) is 7.05 Å². The predicted octanol–water partition coefficient (Wildman–Crippen LogP) is 3.36. The molecule has 0 saturated heterocycles. The molecular weight excluding hydrogens is 206 g/mol. The van der Waals surface area contributed by atoms with Crippen LogP contribution in [0.15, 0.2) is 36.5 Å². The maximum atomic E-state index is 2.29. The second-order valence-corrected chi connectivity index (χ2v) is 4.71. The minimum absolute atomic E-state index is 1.10. The smallest absolute Gasteiger partial charge is 0.201 e. The zero-order valence-corrected chi connectivity index (χ0v) is 11.1. The van der Waals surface area contributed by atoms with Gasteiger partial charge in [-0.25, -0.2) is 4.57 Å². The standard InChI is InChI=1S/C16H20N/c1-5-14-7-8-15(13(3)10-14)16-9-6-12(2)11-17(16)4/h6-11H,5H2,1-4H3/q+1. The molecule has 2 rings (SSSR count). The number of hydrogen-bond donors (Lipinski definition) is 0. The lowest BCUT2D eigenvalue weighted by Crippen LogP contribution is -2.31. The molecule has 0 amide bonds. The first kappa shape index (κ1) is 11.8. The molecule has 17 heavy (non-hydrogen) atoms. The largest absolute Gasteiger partial charge is 0.212 e. The van der Waals surface area contributed by atoms with E-state index in [1.54, 1.807) is 0 Å². The van der Waals surface area contributed by atoms with Gasteiger partial charge in [-0.15, -0.1) is 0 Å². The molecule has 1 aromatic carbocycles. The lowest BCUT2D eigenvalue weighted by Gasteiger charge is -2.06. The fraction of sp³-hybridized carbons (Fsp3) is 0.312. The van der Waals surface area contributed by atoms with Gasteiger partial charge < -0.3 is 0 Å². The van der Waals surface area contributed by atoms with Gasteiger partial charge in [0, 0.05) is 17.2 Å². The summed E-state index contributed by atoms with van der Waals surface area (Å²) in [6, 6.07) is 11.1. The second kappa shape index (κ2) is 4.70. The van der Waals surface area contributed by atoms with Crippen LogP contribution in [0.3, 0.4) is 0 Å². The average Bonchev–Trinajstić information content (AvgIpc) is 2.30. The van der Waals surface area contributed by atoms with E-state index >= 15 is 0 Å². The molecule has 0 N–H and O–H groups in total. The van der Waals surface area contributed by atoms with Gasteiger partial charge in [0.2, 0.25) is 5.69 Å². The van der Waals surface area contributed by atoms with E-state index in [0.29, 0.717) is 0 Å². The Labute approximate surface area is 104 Å². The Hall–Kier alpha value is -1.63. The molecule has 0 aliphatic carbocycles. The third-order valence-electron chi connectivity index (χ3n) is 3.26. The molecule has 2 aromatic rings. The van der Waals surface area contributed by atoms with Gasteiger partial charge in [-0.2, -0.15) is 0 Å². The molecule has 1 aromatic heterocycles. The monoisotopic (exact) mass is 226 g/mol. The first-order valence-corrected chi connectivity index (χ1v) is 6.18. The third kappa shape index (κ3) is 2.38. The Balaban J connectivity index is 2.53. The Kier molecular flexibility index (Phi) is 3.28. The summed E-state index contributed by atoms with van der Waals surface area (Å²) in [5.41, 5.74) is 6.64. The van der Waals surface area contributed by atoms with Gasteiger partial charge in [-0.05, 0) is 43.5 Å². The third-order valence-corrected chi connectivity index (χ3v) is 3.26. The van der Waals surface area contributed by atoms with E-state index in [2.05, 4.69) is 68.9 Å². The quantitative estimate of drug-likeness (QED) is 0.691. The summed E-state index contributed by atoms with van der Waals surface area (Å²) in [5.74, 6) is 0. The summed E-state index contributed by atoms with van der Waals surface area (Å²) >= 11 is 0. The molecule has 0 spiro atoms. The van der Waals surface area contributed by atoms with Crippen molar-refractivity contribution in [3.05, 3.63) is 53.2 Å². The maximum Gasteiger partial charge on any atom is 0.212 e. The number of nitrogens with zero attached hydrogens (tertiary/aromatic N) is 1. The average molecular weight is 226 g/mol. The highest BCUT2D eigenvalue weighted by atomic mass is 14.9. The number of aromatic nitrogens is 1. The maximum absolute atomic E-state index is 2.29. The Morgan fingerprint density at radius 1 is 1.06 bits per heavy atom. The van der Waals surface area contributed by atoms with Gasteiger partial charge in [0.15, 0.2) is 6.20 Å². The van der Waals surface area contributed by atoms with Gasteiger partial charge in [0.25, 0.3) is 0 Å². The molecule has 0 atom stereocenters. The number of pyridine rings is 1. The number of rotatable bonds is 2. The van der Waals surface area contributed by atoms with Gasteiger partial charge in [-0.1, -0.05) is 19.1 Å². The zero-order valence-electron chi connectivity index (χ0n) is 11.1. The van der Waals surface area contributed by atoms with Gasteiger partial charge in [-0.3, -0.25) is 0 Å². The Bertz CT molecular complexity index is 541. The van der Waals surface area contributed by atoms with Crippen LogP contribution in [0.25, 0.3) is 11.3 Å². The van der Waals surface area contributed by atoms with Crippen LogP contribution in [0.1, 0.15) is 23.6 Å². The highest BCUT2D eigenvalue weighted by Gasteiger charge is 2.11. The Morgan fingerprint density at radius 3 is 2.41 bits per heavy atom. The summed E-state index contributed by atoms with van der Waals surface area (Å²) in [7, 11) is 2.11. The lowest BCUT2D eigenvalue weighted by molar-refractivity contribution is -0.660. The number of aryl methyl sites for hydroxylation is 4.